The molecule has 0 saturated carbocycles. The average Bonchev–Trinajstić information content (AvgIpc) is 2.47. The van der Waals surface area contributed by atoms with Crippen LogP contribution in [0, 0.1) is 13.8 Å². The van der Waals surface area contributed by atoms with Crippen molar-refractivity contribution in [3.05, 3.63) is 42.3 Å². The maximum atomic E-state index is 10.8. The molecule has 1 radical (unpaired) electrons. The molecule has 14 heavy (non-hydrogen) atoms. The minimum atomic E-state index is -0.643. The summed E-state index contributed by atoms with van der Waals surface area (Å²) in [6.07, 6.45) is -1.47. The quantitative estimate of drug-likeness (QED) is 0.639. The molecule has 1 fully saturated rings. The first kappa shape index (κ1) is 9.06. The smallest absolute Gasteiger partial charge is 0.427 e. The number of ether oxygens (including phenoxy) is 2. The third kappa shape index (κ3) is 1.58. The Labute approximate surface area is 82.6 Å². The van der Waals surface area contributed by atoms with Crippen molar-refractivity contribution in [3.8, 4) is 0 Å². The summed E-state index contributed by atoms with van der Waals surface area (Å²) in [7, 11) is 0. The molecule has 1 aliphatic rings. The molecule has 1 heterocycles. The van der Waals surface area contributed by atoms with E-state index in [9.17, 15) is 4.79 Å². The van der Waals surface area contributed by atoms with Crippen LogP contribution in [0.5, 0.6) is 0 Å². The first-order valence-electron chi connectivity index (χ1n) is 4.44. The van der Waals surface area contributed by atoms with Gasteiger partial charge < -0.3 is 9.47 Å². The average molecular weight is 191 g/mol. The van der Waals surface area contributed by atoms with Crippen LogP contribution in [0.25, 0.3) is 0 Å². The van der Waals surface area contributed by atoms with Gasteiger partial charge in [-0.1, -0.05) is 29.8 Å². The maximum absolute atomic E-state index is 10.8. The molecule has 0 aliphatic carbocycles. The Hall–Kier alpha value is -1.51. The summed E-state index contributed by atoms with van der Waals surface area (Å²) in [6.45, 7) is 5.70. The summed E-state index contributed by atoms with van der Waals surface area (Å²) in [6, 6.07) is 7.77. The van der Waals surface area contributed by atoms with Crippen LogP contribution >= 0.6 is 0 Å². The van der Waals surface area contributed by atoms with E-state index in [4.69, 9.17) is 9.47 Å². The van der Waals surface area contributed by atoms with Crippen molar-refractivity contribution in [1.82, 2.24) is 0 Å². The highest BCUT2D eigenvalue weighted by molar-refractivity contribution is 5.63. The van der Waals surface area contributed by atoms with Gasteiger partial charge in [0.05, 0.1) is 0 Å². The van der Waals surface area contributed by atoms with Gasteiger partial charge in [-0.3, -0.25) is 0 Å². The molecule has 2 unspecified atom stereocenters. The molecule has 1 aliphatic heterocycles. The molecule has 73 valence electrons. The highest BCUT2D eigenvalue weighted by atomic mass is 16.8. The zero-order valence-corrected chi connectivity index (χ0v) is 7.90. The lowest BCUT2D eigenvalue weighted by molar-refractivity contribution is 0.117. The zero-order valence-electron chi connectivity index (χ0n) is 7.90. The normalized spacial score (nSPS) is 25.7. The first-order valence-corrected chi connectivity index (χ1v) is 4.44. The molecule has 3 nitrogen and oxygen atoms in total. The van der Waals surface area contributed by atoms with Crippen LogP contribution in [0.3, 0.4) is 0 Å². The fourth-order valence-corrected chi connectivity index (χ4v) is 1.43. The Balaban J connectivity index is 2.23. The Morgan fingerprint density at radius 1 is 1.21 bits per heavy atom. The number of hydrogen-bond donors (Lipinski definition) is 0. The fourth-order valence-electron chi connectivity index (χ4n) is 1.43. The van der Waals surface area contributed by atoms with Crippen LogP contribution in [-0.4, -0.2) is 12.3 Å². The van der Waals surface area contributed by atoms with Gasteiger partial charge >= 0.3 is 6.16 Å². The minimum absolute atomic E-state index is 0.372. The Morgan fingerprint density at radius 3 is 2.36 bits per heavy atom. The number of carbonyl (C=O) groups is 1. The topological polar surface area (TPSA) is 35.5 Å². The molecule has 1 aromatic carbocycles. The van der Waals surface area contributed by atoms with E-state index in [-0.39, 0.29) is 6.10 Å². The lowest BCUT2D eigenvalue weighted by Gasteiger charge is -2.11. The summed E-state index contributed by atoms with van der Waals surface area (Å²) in [4.78, 5) is 10.8. The second-order valence-corrected chi connectivity index (χ2v) is 3.36. The second kappa shape index (κ2) is 3.33. The van der Waals surface area contributed by atoms with Crippen LogP contribution in [0.2, 0.25) is 0 Å². The van der Waals surface area contributed by atoms with Crippen molar-refractivity contribution < 1.29 is 14.3 Å². The van der Waals surface area contributed by atoms with Crippen molar-refractivity contribution in [2.75, 3.05) is 0 Å². The molecule has 2 atom stereocenters. The number of carbonyl (C=O) groups excluding carboxylic acids is 1. The highest BCUT2D eigenvalue weighted by Crippen LogP contribution is 2.29. The summed E-state index contributed by atoms with van der Waals surface area (Å²) < 4.78 is 9.76. The highest BCUT2D eigenvalue weighted by Gasteiger charge is 2.34. The van der Waals surface area contributed by atoms with Gasteiger partial charge in [0.15, 0.2) is 6.10 Å². The van der Waals surface area contributed by atoms with Crippen LogP contribution in [-0.2, 0) is 9.47 Å². The Bertz CT molecular complexity index is 342. The van der Waals surface area contributed by atoms with E-state index in [2.05, 4.69) is 6.92 Å². The molecule has 3 heteroatoms. The maximum Gasteiger partial charge on any atom is 0.509 e. The van der Waals surface area contributed by atoms with Gasteiger partial charge in [-0.2, -0.15) is 0 Å². The van der Waals surface area contributed by atoms with Gasteiger partial charge in [0.2, 0.25) is 0 Å². The fraction of sp³-hybridized carbons (Fsp3) is 0.273. The molecule has 0 spiro atoms. The van der Waals surface area contributed by atoms with Crippen molar-refractivity contribution >= 4 is 6.16 Å². The predicted octanol–water partition coefficient (Wildman–Crippen LogP) is 2.41. The predicted molar refractivity (Wildman–Crippen MR) is 50.6 cm³/mol. The zero-order chi connectivity index (χ0) is 10.1. The standard InChI is InChI=1S/C11H11O3/c1-7-3-5-9(6-4-7)10-8(2)13-11(12)14-10/h3-6,8,10H,2H2,1H3. The van der Waals surface area contributed by atoms with Gasteiger partial charge in [0.1, 0.15) is 6.10 Å². The molecule has 0 bridgehead atoms. The molecule has 0 N–H and O–H groups in total. The van der Waals surface area contributed by atoms with E-state index < -0.39 is 12.3 Å². The summed E-state index contributed by atoms with van der Waals surface area (Å²) in [5.74, 6) is 0. The minimum Gasteiger partial charge on any atom is -0.427 e. The van der Waals surface area contributed by atoms with E-state index in [1.165, 1.54) is 5.56 Å². The summed E-state index contributed by atoms with van der Waals surface area (Å²) >= 11 is 0. The third-order valence-corrected chi connectivity index (χ3v) is 2.21. The second-order valence-electron chi connectivity index (χ2n) is 3.36. The number of cyclic esters (lactones) is 2. The number of hydrogen-bond acceptors (Lipinski definition) is 3. The molecule has 1 aromatic rings. The van der Waals surface area contributed by atoms with Gasteiger partial charge in [0, 0.05) is 0 Å². The largest absolute Gasteiger partial charge is 0.509 e. The van der Waals surface area contributed by atoms with Gasteiger partial charge in [0.25, 0.3) is 0 Å². The van der Waals surface area contributed by atoms with Crippen LogP contribution < -0.4 is 0 Å². The molecule has 2 rings (SSSR count). The van der Waals surface area contributed by atoms with Gasteiger partial charge in [-0.05, 0) is 19.4 Å². The molecule has 0 aromatic heterocycles. The van der Waals surface area contributed by atoms with Crippen molar-refractivity contribution in [2.45, 2.75) is 19.1 Å². The van der Waals surface area contributed by atoms with Crippen molar-refractivity contribution in [3.63, 3.8) is 0 Å². The molecular formula is C11H11O3. The van der Waals surface area contributed by atoms with E-state index in [1.54, 1.807) is 0 Å². The van der Waals surface area contributed by atoms with E-state index in [0.29, 0.717) is 0 Å². The van der Waals surface area contributed by atoms with E-state index in [1.807, 2.05) is 31.2 Å². The van der Waals surface area contributed by atoms with E-state index >= 15 is 0 Å². The third-order valence-electron chi connectivity index (χ3n) is 2.21. The molecular weight excluding hydrogens is 180 g/mol. The number of benzene rings is 1. The Morgan fingerprint density at radius 2 is 1.86 bits per heavy atom. The SMILES string of the molecule is [CH2]C1OC(=O)OC1c1ccc(C)cc1. The number of aryl methyl sites for hydroxylation is 1. The lowest BCUT2D eigenvalue weighted by atomic mass is 10.0. The van der Waals surface area contributed by atoms with Crippen LogP contribution in [0.4, 0.5) is 4.79 Å². The van der Waals surface area contributed by atoms with Crippen LogP contribution in [0.15, 0.2) is 24.3 Å². The van der Waals surface area contributed by atoms with Crippen molar-refractivity contribution in [2.24, 2.45) is 0 Å². The van der Waals surface area contributed by atoms with E-state index in [0.717, 1.165) is 5.56 Å². The van der Waals surface area contributed by atoms with Gasteiger partial charge in [-0.25, -0.2) is 4.79 Å². The Kier molecular flexibility index (Phi) is 2.15. The lowest BCUT2D eigenvalue weighted by Crippen LogP contribution is -2.10. The summed E-state index contributed by atoms with van der Waals surface area (Å²) in [5, 5.41) is 0. The van der Waals surface area contributed by atoms with Crippen molar-refractivity contribution in [1.29, 1.82) is 0 Å². The van der Waals surface area contributed by atoms with Crippen LogP contribution in [0.1, 0.15) is 17.2 Å². The monoisotopic (exact) mass is 191 g/mol. The molecule has 1 saturated heterocycles. The first-order chi connectivity index (χ1) is 6.66. The number of rotatable bonds is 1. The molecule has 0 amide bonds. The van der Waals surface area contributed by atoms with Gasteiger partial charge in [-0.15, -0.1) is 0 Å². The summed E-state index contributed by atoms with van der Waals surface area (Å²) in [5.41, 5.74) is 2.08.